The minimum atomic E-state index is -0.582. The lowest BCUT2D eigenvalue weighted by molar-refractivity contribution is -0.382. The van der Waals surface area contributed by atoms with E-state index in [4.69, 9.17) is 14.2 Å². The molecule has 0 saturated carbocycles. The van der Waals surface area contributed by atoms with Crippen molar-refractivity contribution in [3.05, 3.63) is 17.8 Å². The van der Waals surface area contributed by atoms with Crippen molar-refractivity contribution in [2.45, 2.75) is 33.4 Å². The number of hydrogen-bond acceptors (Lipinski definition) is 6. The fourth-order valence-corrected chi connectivity index (χ4v) is 1.85. The minimum absolute atomic E-state index is 0.0424. The Morgan fingerprint density at radius 1 is 1.52 bits per heavy atom. The third kappa shape index (κ3) is 4.23. The summed E-state index contributed by atoms with van der Waals surface area (Å²) < 4.78 is 17.2. The molecule has 0 atom stereocenters. The SMILES string of the molecule is CC1OC(c2cnn(/C=C/C(C)(C)COC(=O)N(C)C)c2O)O1. The number of nitrogens with zero attached hydrogens (tertiary/aromatic N) is 3. The van der Waals surface area contributed by atoms with Crippen LogP contribution in [0.5, 0.6) is 5.88 Å². The van der Waals surface area contributed by atoms with E-state index in [0.29, 0.717) is 5.56 Å². The van der Waals surface area contributed by atoms with E-state index in [-0.39, 0.29) is 18.8 Å². The van der Waals surface area contributed by atoms with Gasteiger partial charge >= 0.3 is 6.09 Å². The number of carbonyl (C=O) groups is 1. The summed E-state index contributed by atoms with van der Waals surface area (Å²) in [5.74, 6) is -0.0424. The highest BCUT2D eigenvalue weighted by molar-refractivity contribution is 5.66. The van der Waals surface area contributed by atoms with Crippen LogP contribution in [-0.2, 0) is 14.2 Å². The number of aromatic nitrogens is 2. The molecule has 128 valence electrons. The summed E-state index contributed by atoms with van der Waals surface area (Å²) >= 11 is 0. The Morgan fingerprint density at radius 2 is 2.17 bits per heavy atom. The summed E-state index contributed by atoms with van der Waals surface area (Å²) in [4.78, 5) is 12.8. The molecule has 2 rings (SSSR count). The van der Waals surface area contributed by atoms with E-state index in [9.17, 15) is 9.90 Å². The number of ether oxygens (including phenoxy) is 3. The average Bonchev–Trinajstić information content (AvgIpc) is 2.80. The Bertz CT molecular complexity index is 588. The summed E-state index contributed by atoms with van der Waals surface area (Å²) in [5, 5.41) is 14.2. The van der Waals surface area contributed by atoms with Crippen LogP contribution in [0.15, 0.2) is 12.3 Å². The molecule has 0 spiro atoms. The molecular weight excluding hydrogens is 302 g/mol. The molecule has 2 heterocycles. The summed E-state index contributed by atoms with van der Waals surface area (Å²) in [6.45, 7) is 5.80. The van der Waals surface area contributed by atoms with Gasteiger partial charge in [-0.25, -0.2) is 9.48 Å². The first-order valence-electron chi connectivity index (χ1n) is 7.30. The van der Waals surface area contributed by atoms with E-state index in [0.717, 1.165) is 0 Å². The number of rotatable bonds is 5. The molecule has 0 aromatic carbocycles. The maximum atomic E-state index is 11.5. The predicted molar refractivity (Wildman–Crippen MR) is 82.4 cm³/mol. The molecule has 1 aromatic heterocycles. The molecule has 0 radical (unpaired) electrons. The number of aromatic hydroxyl groups is 1. The molecule has 1 N–H and O–H groups in total. The Balaban J connectivity index is 1.97. The summed E-state index contributed by atoms with van der Waals surface area (Å²) in [6.07, 6.45) is 3.66. The second kappa shape index (κ2) is 6.59. The van der Waals surface area contributed by atoms with E-state index in [1.165, 1.54) is 15.8 Å². The molecule has 1 aromatic rings. The largest absolute Gasteiger partial charge is 0.493 e. The lowest BCUT2D eigenvalue weighted by atomic mass is 9.95. The summed E-state index contributed by atoms with van der Waals surface area (Å²) in [6, 6.07) is 0. The van der Waals surface area contributed by atoms with Crippen molar-refractivity contribution in [3.63, 3.8) is 0 Å². The third-order valence-corrected chi connectivity index (χ3v) is 3.28. The van der Waals surface area contributed by atoms with Crippen molar-refractivity contribution in [2.24, 2.45) is 5.41 Å². The van der Waals surface area contributed by atoms with Crippen LogP contribution in [0.2, 0.25) is 0 Å². The zero-order valence-electron chi connectivity index (χ0n) is 14.0. The van der Waals surface area contributed by atoms with E-state index in [2.05, 4.69) is 5.10 Å². The first kappa shape index (κ1) is 17.3. The van der Waals surface area contributed by atoms with Crippen LogP contribution in [0.4, 0.5) is 4.79 Å². The molecule has 1 aliphatic rings. The van der Waals surface area contributed by atoms with Gasteiger partial charge in [-0.2, -0.15) is 5.10 Å². The second-order valence-electron chi connectivity index (χ2n) is 6.29. The number of hydrogen-bond donors (Lipinski definition) is 1. The zero-order chi connectivity index (χ0) is 17.2. The van der Waals surface area contributed by atoms with E-state index >= 15 is 0 Å². The second-order valence-corrected chi connectivity index (χ2v) is 6.29. The highest BCUT2D eigenvalue weighted by Crippen LogP contribution is 2.36. The normalized spacial score (nSPS) is 21.3. The Kier molecular flexibility index (Phi) is 4.96. The molecule has 0 bridgehead atoms. The predicted octanol–water partition coefficient (Wildman–Crippen LogP) is 2.18. The van der Waals surface area contributed by atoms with Crippen molar-refractivity contribution >= 4 is 12.3 Å². The summed E-state index contributed by atoms with van der Waals surface area (Å²) in [5.41, 5.74) is 0.0620. The maximum absolute atomic E-state index is 11.5. The van der Waals surface area contributed by atoms with Crippen molar-refractivity contribution in [3.8, 4) is 5.88 Å². The highest BCUT2D eigenvalue weighted by Gasteiger charge is 2.32. The van der Waals surface area contributed by atoms with Gasteiger partial charge in [-0.05, 0) is 6.92 Å². The molecule has 1 fully saturated rings. The van der Waals surface area contributed by atoms with Gasteiger partial charge in [-0.1, -0.05) is 19.9 Å². The van der Waals surface area contributed by atoms with Gasteiger partial charge in [0.05, 0.1) is 11.8 Å². The number of amides is 1. The van der Waals surface area contributed by atoms with Gasteiger partial charge in [0.25, 0.3) is 0 Å². The lowest BCUT2D eigenvalue weighted by Gasteiger charge is -2.32. The fraction of sp³-hybridized carbons (Fsp3) is 0.600. The Hall–Kier alpha value is -2.06. The van der Waals surface area contributed by atoms with Crippen LogP contribution < -0.4 is 0 Å². The van der Waals surface area contributed by atoms with Crippen LogP contribution >= 0.6 is 0 Å². The van der Waals surface area contributed by atoms with E-state index < -0.39 is 17.8 Å². The quantitative estimate of drug-likeness (QED) is 0.893. The van der Waals surface area contributed by atoms with Crippen molar-refractivity contribution < 1.29 is 24.1 Å². The maximum Gasteiger partial charge on any atom is 0.409 e. The molecule has 0 aliphatic carbocycles. The van der Waals surface area contributed by atoms with Crippen molar-refractivity contribution in [1.82, 2.24) is 14.7 Å². The monoisotopic (exact) mass is 325 g/mol. The van der Waals surface area contributed by atoms with Gasteiger partial charge in [0.2, 0.25) is 5.88 Å². The zero-order valence-corrected chi connectivity index (χ0v) is 14.0. The summed E-state index contributed by atoms with van der Waals surface area (Å²) in [7, 11) is 3.25. The fourth-order valence-electron chi connectivity index (χ4n) is 1.85. The number of carbonyl (C=O) groups excluding carboxylic acids is 1. The minimum Gasteiger partial charge on any atom is -0.493 e. The lowest BCUT2D eigenvalue weighted by Crippen LogP contribution is -2.31. The Labute approximate surface area is 135 Å². The van der Waals surface area contributed by atoms with Crippen LogP contribution in [-0.4, -0.2) is 52.9 Å². The standard InChI is InChI=1S/C15H23N3O5/c1-10-22-13(23-10)11-8-16-18(12(11)19)7-6-15(2,3)9-21-14(20)17(4)5/h6-8,10,13,19H,9H2,1-5H3/b7-6+. The molecule has 1 aliphatic heterocycles. The van der Waals surface area contributed by atoms with E-state index in [1.54, 1.807) is 33.3 Å². The van der Waals surface area contributed by atoms with Gasteiger partial charge < -0.3 is 24.2 Å². The van der Waals surface area contributed by atoms with Crippen LogP contribution in [0.1, 0.15) is 32.6 Å². The van der Waals surface area contributed by atoms with Gasteiger partial charge in [0.1, 0.15) is 6.61 Å². The van der Waals surface area contributed by atoms with Crippen LogP contribution in [0.3, 0.4) is 0 Å². The molecular formula is C15H23N3O5. The van der Waals surface area contributed by atoms with E-state index in [1.807, 2.05) is 13.8 Å². The molecule has 1 amide bonds. The Morgan fingerprint density at radius 3 is 2.74 bits per heavy atom. The average molecular weight is 325 g/mol. The van der Waals surface area contributed by atoms with Gasteiger partial charge in [-0.15, -0.1) is 0 Å². The van der Waals surface area contributed by atoms with Crippen LogP contribution in [0, 0.1) is 5.41 Å². The van der Waals surface area contributed by atoms with Crippen LogP contribution in [0.25, 0.3) is 6.20 Å². The first-order chi connectivity index (χ1) is 10.7. The molecule has 23 heavy (non-hydrogen) atoms. The molecule has 8 nitrogen and oxygen atoms in total. The molecule has 0 unspecified atom stereocenters. The molecule has 8 heteroatoms. The topological polar surface area (TPSA) is 86.1 Å². The van der Waals surface area contributed by atoms with Gasteiger partial charge in [0.15, 0.2) is 12.6 Å². The van der Waals surface area contributed by atoms with Gasteiger partial charge in [0, 0.05) is 25.7 Å². The molecule has 1 saturated heterocycles. The van der Waals surface area contributed by atoms with Crippen molar-refractivity contribution in [2.75, 3.05) is 20.7 Å². The highest BCUT2D eigenvalue weighted by atomic mass is 16.9. The van der Waals surface area contributed by atoms with Crippen molar-refractivity contribution in [1.29, 1.82) is 0 Å². The smallest absolute Gasteiger partial charge is 0.409 e. The first-order valence-corrected chi connectivity index (χ1v) is 7.30. The third-order valence-electron chi connectivity index (χ3n) is 3.28. The van der Waals surface area contributed by atoms with Gasteiger partial charge in [-0.3, -0.25) is 0 Å².